The molecule has 1 aromatic carbocycles. The second kappa shape index (κ2) is 6.56. The maximum absolute atomic E-state index is 12.1. The van der Waals surface area contributed by atoms with E-state index in [2.05, 4.69) is 9.62 Å². The molecule has 20 heavy (non-hydrogen) atoms. The van der Waals surface area contributed by atoms with Crippen LogP contribution in [0.3, 0.4) is 0 Å². The summed E-state index contributed by atoms with van der Waals surface area (Å²) in [7, 11) is -1.98. The Morgan fingerprint density at radius 1 is 1.40 bits per heavy atom. The van der Waals surface area contributed by atoms with E-state index in [9.17, 15) is 8.42 Å². The number of para-hydroxylation sites is 1. The maximum Gasteiger partial charge on any atom is 0.242 e. The molecule has 1 atom stereocenters. The van der Waals surface area contributed by atoms with Crippen molar-refractivity contribution in [3.05, 3.63) is 24.3 Å². The molecule has 2 rings (SSSR count). The Balaban J connectivity index is 2.33. The number of benzene rings is 1. The van der Waals surface area contributed by atoms with Gasteiger partial charge in [-0.25, -0.2) is 13.1 Å². The molecule has 0 aliphatic carbocycles. The van der Waals surface area contributed by atoms with E-state index in [1.807, 2.05) is 12.1 Å². The van der Waals surface area contributed by atoms with Gasteiger partial charge in [-0.2, -0.15) is 0 Å². The van der Waals surface area contributed by atoms with Gasteiger partial charge in [0.25, 0.3) is 0 Å². The molecular formula is C14H23N3O2S. The van der Waals surface area contributed by atoms with Crippen molar-refractivity contribution in [1.82, 2.24) is 4.72 Å². The third-order valence-electron chi connectivity index (χ3n) is 3.85. The fourth-order valence-corrected chi connectivity index (χ4v) is 3.78. The molecule has 0 radical (unpaired) electrons. The van der Waals surface area contributed by atoms with Crippen molar-refractivity contribution in [2.24, 2.45) is 5.73 Å². The average molecular weight is 297 g/mol. The largest absolute Gasteiger partial charge is 0.367 e. The molecule has 0 saturated carbocycles. The van der Waals surface area contributed by atoms with Crippen LogP contribution in [0.2, 0.25) is 0 Å². The highest BCUT2D eigenvalue weighted by molar-refractivity contribution is 7.89. The normalized spacial score (nSPS) is 19.5. The van der Waals surface area contributed by atoms with Crippen molar-refractivity contribution < 1.29 is 8.42 Å². The third-order valence-corrected chi connectivity index (χ3v) is 5.31. The smallest absolute Gasteiger partial charge is 0.242 e. The zero-order chi connectivity index (χ0) is 14.6. The van der Waals surface area contributed by atoms with E-state index in [-0.39, 0.29) is 0 Å². The van der Waals surface area contributed by atoms with E-state index in [4.69, 9.17) is 5.73 Å². The molecule has 1 aliphatic rings. The Kier molecular flexibility index (Phi) is 5.01. The molecule has 1 fully saturated rings. The Labute approximate surface area is 121 Å². The molecule has 112 valence electrons. The van der Waals surface area contributed by atoms with Crippen molar-refractivity contribution in [2.45, 2.75) is 36.6 Å². The SMILES string of the molecule is CNS(=O)(=O)c1ccccc1N1CCCC1CCCN. The molecule has 1 saturated heterocycles. The summed E-state index contributed by atoms with van der Waals surface area (Å²) in [6.07, 6.45) is 4.20. The Morgan fingerprint density at radius 3 is 2.85 bits per heavy atom. The van der Waals surface area contributed by atoms with Gasteiger partial charge in [-0.15, -0.1) is 0 Å². The van der Waals surface area contributed by atoms with E-state index >= 15 is 0 Å². The molecule has 6 heteroatoms. The number of nitrogens with one attached hydrogen (secondary N) is 1. The van der Waals surface area contributed by atoms with Gasteiger partial charge in [0.1, 0.15) is 4.90 Å². The maximum atomic E-state index is 12.1. The molecule has 1 aromatic rings. The second-order valence-corrected chi connectivity index (χ2v) is 6.95. The van der Waals surface area contributed by atoms with Gasteiger partial charge in [0.15, 0.2) is 0 Å². The predicted octanol–water partition coefficient (Wildman–Crippen LogP) is 1.30. The fraction of sp³-hybridized carbons (Fsp3) is 0.571. The minimum atomic E-state index is -3.43. The molecule has 0 amide bonds. The number of hydrogen-bond donors (Lipinski definition) is 2. The van der Waals surface area contributed by atoms with Crippen LogP contribution in [0, 0.1) is 0 Å². The summed E-state index contributed by atoms with van der Waals surface area (Å²) in [5.74, 6) is 0. The zero-order valence-corrected chi connectivity index (χ0v) is 12.7. The van der Waals surface area contributed by atoms with Crippen LogP contribution in [0.4, 0.5) is 5.69 Å². The Hall–Kier alpha value is -1.11. The molecule has 1 heterocycles. The lowest BCUT2D eigenvalue weighted by Gasteiger charge is -2.28. The summed E-state index contributed by atoms with van der Waals surface area (Å²) in [6, 6.07) is 7.61. The lowest BCUT2D eigenvalue weighted by Crippen LogP contribution is -2.32. The molecule has 1 unspecified atom stereocenters. The third kappa shape index (κ3) is 3.13. The first kappa shape index (κ1) is 15.3. The van der Waals surface area contributed by atoms with Crippen molar-refractivity contribution in [1.29, 1.82) is 0 Å². The van der Waals surface area contributed by atoms with Gasteiger partial charge >= 0.3 is 0 Å². The highest BCUT2D eigenvalue weighted by atomic mass is 32.2. The quantitative estimate of drug-likeness (QED) is 0.830. The van der Waals surface area contributed by atoms with Gasteiger partial charge in [0.2, 0.25) is 10.0 Å². The minimum Gasteiger partial charge on any atom is -0.367 e. The number of nitrogens with zero attached hydrogens (tertiary/aromatic N) is 1. The summed E-state index contributed by atoms with van der Waals surface area (Å²) < 4.78 is 26.7. The molecule has 5 nitrogen and oxygen atoms in total. The first-order valence-electron chi connectivity index (χ1n) is 7.09. The van der Waals surface area contributed by atoms with Crippen molar-refractivity contribution >= 4 is 15.7 Å². The van der Waals surface area contributed by atoms with Crippen molar-refractivity contribution in [3.63, 3.8) is 0 Å². The van der Waals surface area contributed by atoms with E-state index in [1.54, 1.807) is 12.1 Å². The molecular weight excluding hydrogens is 274 g/mol. The van der Waals surface area contributed by atoms with E-state index < -0.39 is 10.0 Å². The van der Waals surface area contributed by atoms with E-state index in [0.29, 0.717) is 17.5 Å². The van der Waals surface area contributed by atoms with Gasteiger partial charge in [0.05, 0.1) is 5.69 Å². The summed E-state index contributed by atoms with van der Waals surface area (Å²) in [5.41, 5.74) is 6.39. The highest BCUT2D eigenvalue weighted by Crippen LogP contribution is 2.32. The van der Waals surface area contributed by atoms with Crippen molar-refractivity contribution in [2.75, 3.05) is 25.0 Å². The van der Waals surface area contributed by atoms with Crippen LogP contribution in [0.25, 0.3) is 0 Å². The van der Waals surface area contributed by atoms with Gasteiger partial charge in [0, 0.05) is 12.6 Å². The van der Waals surface area contributed by atoms with Gasteiger partial charge in [-0.1, -0.05) is 12.1 Å². The van der Waals surface area contributed by atoms with Crippen LogP contribution >= 0.6 is 0 Å². The topological polar surface area (TPSA) is 75.4 Å². The minimum absolute atomic E-state index is 0.363. The molecule has 0 bridgehead atoms. The first-order chi connectivity index (χ1) is 9.60. The highest BCUT2D eigenvalue weighted by Gasteiger charge is 2.28. The van der Waals surface area contributed by atoms with E-state index in [1.165, 1.54) is 7.05 Å². The van der Waals surface area contributed by atoms with Crippen LogP contribution in [0.15, 0.2) is 29.2 Å². The van der Waals surface area contributed by atoms with Crippen LogP contribution in [-0.4, -0.2) is 34.6 Å². The summed E-state index contributed by atoms with van der Waals surface area (Å²) in [4.78, 5) is 2.59. The van der Waals surface area contributed by atoms with Crippen LogP contribution in [-0.2, 0) is 10.0 Å². The number of anilines is 1. The second-order valence-electron chi connectivity index (χ2n) is 5.10. The molecule has 0 spiro atoms. The Morgan fingerprint density at radius 2 is 2.15 bits per heavy atom. The number of sulfonamides is 1. The first-order valence-corrected chi connectivity index (χ1v) is 8.57. The van der Waals surface area contributed by atoms with Crippen LogP contribution in [0.5, 0.6) is 0 Å². The van der Waals surface area contributed by atoms with E-state index in [0.717, 1.165) is 37.9 Å². The standard InChI is InChI=1S/C14H23N3O2S/c1-16-20(18,19)14-9-3-2-8-13(14)17-11-5-7-12(17)6-4-10-15/h2-3,8-9,12,16H,4-7,10-11,15H2,1H3. The number of nitrogens with two attached hydrogens (primary N) is 1. The number of hydrogen-bond acceptors (Lipinski definition) is 4. The van der Waals surface area contributed by atoms with Crippen LogP contribution in [0.1, 0.15) is 25.7 Å². The monoisotopic (exact) mass is 297 g/mol. The molecule has 1 aliphatic heterocycles. The lowest BCUT2D eigenvalue weighted by atomic mass is 10.1. The van der Waals surface area contributed by atoms with Crippen molar-refractivity contribution in [3.8, 4) is 0 Å². The van der Waals surface area contributed by atoms with Gasteiger partial charge < -0.3 is 10.6 Å². The van der Waals surface area contributed by atoms with Gasteiger partial charge in [-0.05, 0) is 51.4 Å². The number of rotatable bonds is 6. The molecule has 0 aromatic heterocycles. The van der Waals surface area contributed by atoms with Gasteiger partial charge in [-0.3, -0.25) is 0 Å². The average Bonchev–Trinajstić information content (AvgIpc) is 2.93. The fourth-order valence-electron chi connectivity index (χ4n) is 2.84. The summed E-state index contributed by atoms with van der Waals surface area (Å²) in [5, 5.41) is 0. The Bertz CT molecular complexity index is 545. The zero-order valence-electron chi connectivity index (χ0n) is 11.9. The molecule has 3 N–H and O–H groups in total. The van der Waals surface area contributed by atoms with Crippen LogP contribution < -0.4 is 15.4 Å². The summed E-state index contributed by atoms with van der Waals surface area (Å²) >= 11 is 0. The predicted molar refractivity (Wildman–Crippen MR) is 81.3 cm³/mol. The lowest BCUT2D eigenvalue weighted by molar-refractivity contribution is 0.576. The summed E-state index contributed by atoms with van der Waals surface area (Å²) in [6.45, 7) is 1.59.